The number of nitrogens with zero attached hydrogens (tertiary/aromatic N) is 2. The summed E-state index contributed by atoms with van der Waals surface area (Å²) in [6, 6.07) is 1.80. The number of hydrogen-bond donors (Lipinski definition) is 1. The van der Waals surface area contributed by atoms with Crippen LogP contribution < -0.4 is 5.32 Å². The summed E-state index contributed by atoms with van der Waals surface area (Å²) in [5.41, 5.74) is 1.86. The Morgan fingerprint density at radius 2 is 2.00 bits per heavy atom. The molecule has 4 heteroatoms. The van der Waals surface area contributed by atoms with Gasteiger partial charge in [0.15, 0.2) is 0 Å². The van der Waals surface area contributed by atoms with Gasteiger partial charge in [-0.2, -0.15) is 0 Å². The van der Waals surface area contributed by atoms with Crippen LogP contribution in [0.25, 0.3) is 0 Å². The molecule has 1 fully saturated rings. The molecule has 20 heavy (non-hydrogen) atoms. The fourth-order valence-corrected chi connectivity index (χ4v) is 2.90. The molecule has 1 N–H and O–H groups in total. The molecule has 0 radical (unpaired) electrons. The van der Waals surface area contributed by atoms with Gasteiger partial charge >= 0.3 is 0 Å². The summed E-state index contributed by atoms with van der Waals surface area (Å²) in [5.74, 6) is 0.817. The van der Waals surface area contributed by atoms with Crippen LogP contribution in [0.5, 0.6) is 0 Å². The van der Waals surface area contributed by atoms with E-state index in [0.717, 1.165) is 37.2 Å². The Morgan fingerprint density at radius 3 is 2.55 bits per heavy atom. The predicted molar refractivity (Wildman–Crippen MR) is 81.9 cm³/mol. The predicted octanol–water partition coefficient (Wildman–Crippen LogP) is 3.02. The van der Waals surface area contributed by atoms with E-state index in [4.69, 9.17) is 0 Å². The first kappa shape index (κ1) is 14.8. The largest absolute Gasteiger partial charge is 0.386 e. The van der Waals surface area contributed by atoms with Crippen LogP contribution in [-0.4, -0.2) is 35.9 Å². The molecule has 0 bridgehead atoms. The fraction of sp³-hybridized carbons (Fsp3) is 0.625. The highest BCUT2D eigenvalue weighted by Crippen LogP contribution is 2.34. The smallest absolute Gasteiger partial charge is 0.256 e. The van der Waals surface area contributed by atoms with Crippen molar-refractivity contribution in [2.24, 2.45) is 11.3 Å². The van der Waals surface area contributed by atoms with Crippen molar-refractivity contribution >= 4 is 11.6 Å². The minimum Gasteiger partial charge on any atom is -0.386 e. The summed E-state index contributed by atoms with van der Waals surface area (Å²) < 4.78 is 0. The van der Waals surface area contributed by atoms with Crippen LogP contribution >= 0.6 is 0 Å². The molecule has 110 valence electrons. The van der Waals surface area contributed by atoms with E-state index >= 15 is 0 Å². The summed E-state index contributed by atoms with van der Waals surface area (Å²) in [6.07, 6.45) is 5.57. The minimum atomic E-state index is 0.115. The van der Waals surface area contributed by atoms with E-state index in [2.05, 4.69) is 31.1 Å². The Bertz CT molecular complexity index is 471. The topological polar surface area (TPSA) is 45.2 Å². The van der Waals surface area contributed by atoms with Crippen LogP contribution in [-0.2, 0) is 0 Å². The second-order valence-electron chi connectivity index (χ2n) is 6.60. The number of nitrogens with one attached hydrogen (secondary N) is 1. The SMILES string of the molecule is CNc1cnccc1C(=O)N1CCC(C(C)(C)C)CC1. The lowest BCUT2D eigenvalue weighted by Crippen LogP contribution is -2.41. The Hall–Kier alpha value is -1.58. The average molecular weight is 275 g/mol. The van der Waals surface area contributed by atoms with Crippen LogP contribution in [0.2, 0.25) is 0 Å². The summed E-state index contributed by atoms with van der Waals surface area (Å²) in [7, 11) is 1.82. The van der Waals surface area contributed by atoms with Crippen molar-refractivity contribution in [1.29, 1.82) is 0 Å². The molecule has 0 unspecified atom stereocenters. The molecule has 0 saturated carbocycles. The zero-order valence-corrected chi connectivity index (χ0v) is 12.9. The lowest BCUT2D eigenvalue weighted by atomic mass is 9.75. The number of aromatic nitrogens is 1. The first-order valence-corrected chi connectivity index (χ1v) is 7.34. The van der Waals surface area contributed by atoms with Crippen molar-refractivity contribution in [2.45, 2.75) is 33.6 Å². The van der Waals surface area contributed by atoms with Gasteiger partial charge in [-0.3, -0.25) is 9.78 Å². The van der Waals surface area contributed by atoms with Crippen molar-refractivity contribution in [2.75, 3.05) is 25.5 Å². The standard InChI is InChI=1S/C16H25N3O/c1-16(2,3)12-6-9-19(10-7-12)15(20)13-5-8-18-11-14(13)17-4/h5,8,11-12,17H,6-7,9-10H2,1-4H3. The Kier molecular flexibility index (Phi) is 4.31. The van der Waals surface area contributed by atoms with Gasteiger partial charge in [0.1, 0.15) is 0 Å². The molecule has 1 saturated heterocycles. The first-order chi connectivity index (χ1) is 9.43. The van der Waals surface area contributed by atoms with Crippen molar-refractivity contribution in [3.63, 3.8) is 0 Å². The highest BCUT2D eigenvalue weighted by atomic mass is 16.2. The number of piperidine rings is 1. The maximum Gasteiger partial charge on any atom is 0.256 e. The number of anilines is 1. The molecular weight excluding hydrogens is 250 g/mol. The summed E-state index contributed by atoms with van der Waals surface area (Å²) in [5, 5.41) is 3.04. The van der Waals surface area contributed by atoms with Crippen LogP contribution in [0, 0.1) is 11.3 Å². The van der Waals surface area contributed by atoms with E-state index in [1.807, 2.05) is 11.9 Å². The Morgan fingerprint density at radius 1 is 1.35 bits per heavy atom. The molecule has 2 heterocycles. The normalized spacial score (nSPS) is 17.1. The monoisotopic (exact) mass is 275 g/mol. The third-order valence-corrected chi connectivity index (χ3v) is 4.33. The second kappa shape index (κ2) is 5.81. The van der Waals surface area contributed by atoms with E-state index in [-0.39, 0.29) is 5.91 Å². The third kappa shape index (κ3) is 3.11. The van der Waals surface area contributed by atoms with Crippen LogP contribution in [0.15, 0.2) is 18.5 Å². The Balaban J connectivity index is 2.05. The number of pyridine rings is 1. The molecule has 1 aromatic rings. The molecule has 1 aliphatic heterocycles. The molecule has 0 aliphatic carbocycles. The number of rotatable bonds is 2. The highest BCUT2D eigenvalue weighted by Gasteiger charge is 2.31. The molecule has 0 spiro atoms. The van der Waals surface area contributed by atoms with E-state index in [9.17, 15) is 4.79 Å². The van der Waals surface area contributed by atoms with Crippen LogP contribution in [0.4, 0.5) is 5.69 Å². The number of carbonyl (C=O) groups excluding carboxylic acids is 1. The van der Waals surface area contributed by atoms with E-state index in [1.165, 1.54) is 0 Å². The van der Waals surface area contributed by atoms with Gasteiger partial charge in [-0.25, -0.2) is 0 Å². The maximum absolute atomic E-state index is 12.6. The summed E-state index contributed by atoms with van der Waals surface area (Å²) in [4.78, 5) is 18.6. The van der Waals surface area contributed by atoms with Gasteiger partial charge in [-0.15, -0.1) is 0 Å². The van der Waals surface area contributed by atoms with E-state index in [0.29, 0.717) is 11.3 Å². The lowest BCUT2D eigenvalue weighted by molar-refractivity contribution is 0.0609. The van der Waals surface area contributed by atoms with Gasteiger partial charge in [0, 0.05) is 26.3 Å². The van der Waals surface area contributed by atoms with Gasteiger partial charge in [-0.1, -0.05) is 20.8 Å². The number of hydrogen-bond acceptors (Lipinski definition) is 3. The molecule has 2 rings (SSSR count). The molecule has 1 aromatic heterocycles. The summed E-state index contributed by atoms with van der Waals surface area (Å²) >= 11 is 0. The van der Waals surface area contributed by atoms with Gasteiger partial charge in [0.25, 0.3) is 5.91 Å². The van der Waals surface area contributed by atoms with Crippen LogP contribution in [0.1, 0.15) is 44.0 Å². The quantitative estimate of drug-likeness (QED) is 0.902. The molecular formula is C16H25N3O. The van der Waals surface area contributed by atoms with Gasteiger partial charge in [-0.05, 0) is 30.2 Å². The number of amides is 1. The number of likely N-dealkylation sites (tertiary alicyclic amines) is 1. The molecule has 1 amide bonds. The third-order valence-electron chi connectivity index (χ3n) is 4.33. The molecule has 1 aliphatic rings. The second-order valence-corrected chi connectivity index (χ2v) is 6.60. The minimum absolute atomic E-state index is 0.115. The van der Waals surface area contributed by atoms with Crippen molar-refractivity contribution in [3.05, 3.63) is 24.0 Å². The van der Waals surface area contributed by atoms with Crippen molar-refractivity contribution in [1.82, 2.24) is 9.88 Å². The molecule has 4 nitrogen and oxygen atoms in total. The lowest BCUT2D eigenvalue weighted by Gasteiger charge is -2.38. The molecule has 0 atom stereocenters. The average Bonchev–Trinajstić information content (AvgIpc) is 2.45. The Labute approximate surface area is 121 Å². The fourth-order valence-electron chi connectivity index (χ4n) is 2.90. The highest BCUT2D eigenvalue weighted by molar-refractivity contribution is 5.99. The van der Waals surface area contributed by atoms with Crippen molar-refractivity contribution in [3.8, 4) is 0 Å². The number of carbonyl (C=O) groups is 1. The van der Waals surface area contributed by atoms with Gasteiger partial charge in [0.05, 0.1) is 17.4 Å². The maximum atomic E-state index is 12.6. The zero-order chi connectivity index (χ0) is 14.8. The zero-order valence-electron chi connectivity index (χ0n) is 12.9. The first-order valence-electron chi connectivity index (χ1n) is 7.34. The van der Waals surface area contributed by atoms with E-state index in [1.54, 1.807) is 18.5 Å². The van der Waals surface area contributed by atoms with Crippen molar-refractivity contribution < 1.29 is 4.79 Å². The van der Waals surface area contributed by atoms with E-state index < -0.39 is 0 Å². The van der Waals surface area contributed by atoms with Crippen LogP contribution in [0.3, 0.4) is 0 Å². The van der Waals surface area contributed by atoms with Gasteiger partial charge in [0.2, 0.25) is 0 Å². The molecule has 0 aromatic carbocycles. The van der Waals surface area contributed by atoms with Gasteiger partial charge < -0.3 is 10.2 Å². The summed E-state index contributed by atoms with van der Waals surface area (Å²) in [6.45, 7) is 8.57.